The maximum absolute atomic E-state index is 10.2. The van der Waals surface area contributed by atoms with E-state index in [1.54, 1.807) is 0 Å². The minimum Gasteiger partial charge on any atom is -0.481 e. The number of hydrogen-bond donors (Lipinski definition) is 5. The molecule has 9 nitrogen and oxygen atoms in total. The fraction of sp³-hybridized carbons (Fsp3) is 0.667. The summed E-state index contributed by atoms with van der Waals surface area (Å²) in [5, 5.41) is 29.2. The van der Waals surface area contributed by atoms with Gasteiger partial charge in [0.05, 0.1) is 19.6 Å². The van der Waals surface area contributed by atoms with Crippen molar-refractivity contribution in [1.29, 1.82) is 0 Å². The van der Waals surface area contributed by atoms with Crippen molar-refractivity contribution < 1.29 is 43.0 Å². The lowest BCUT2D eigenvalue weighted by atomic mass is 10.3. The molecule has 0 bridgehead atoms. The second-order valence-corrected chi connectivity index (χ2v) is 3.99. The third-order valence-electron chi connectivity index (χ3n) is 1.10. The number of carbonyl (C=O) groups is 2. The van der Waals surface area contributed by atoms with Crippen molar-refractivity contribution in [3.8, 4) is 0 Å². The van der Waals surface area contributed by atoms with Crippen molar-refractivity contribution in [3.05, 3.63) is 0 Å². The van der Waals surface area contributed by atoms with Gasteiger partial charge < -0.3 is 20.4 Å². The summed E-state index contributed by atoms with van der Waals surface area (Å²) in [6.07, 6.45) is -1.16. The number of carboxylic acids is 2. The molecule has 0 rings (SSSR count). The number of hydrogen-bond acceptors (Lipinski definition) is 6. The molecule has 16 heavy (non-hydrogen) atoms. The molecular formula is C6H12O9S. The number of carboxylic acid groups (broad SMARTS) is 2. The van der Waals surface area contributed by atoms with Gasteiger partial charge in [0, 0.05) is 0 Å². The molecule has 1 atom stereocenters. The summed E-state index contributed by atoms with van der Waals surface area (Å²) < 4.78 is 28.7. The Hall–Kier alpha value is -1.23. The first-order valence-corrected chi connectivity index (χ1v) is 5.29. The van der Waals surface area contributed by atoms with Gasteiger partial charge in [0.1, 0.15) is 0 Å². The van der Waals surface area contributed by atoms with Gasteiger partial charge in [-0.2, -0.15) is 8.42 Å². The molecule has 0 saturated heterocycles. The van der Waals surface area contributed by atoms with Crippen LogP contribution in [0.1, 0.15) is 6.42 Å². The molecule has 10 heteroatoms. The minimum atomic E-state index is -4.84. The van der Waals surface area contributed by atoms with E-state index >= 15 is 0 Å². The van der Waals surface area contributed by atoms with Crippen molar-refractivity contribution in [1.82, 2.24) is 0 Å². The van der Waals surface area contributed by atoms with E-state index in [0.717, 1.165) is 0 Å². The van der Waals surface area contributed by atoms with Gasteiger partial charge in [-0.1, -0.05) is 0 Å². The van der Waals surface area contributed by atoms with Crippen LogP contribution >= 0.6 is 0 Å². The van der Waals surface area contributed by atoms with Gasteiger partial charge in [0.15, 0.2) is 5.25 Å². The highest BCUT2D eigenvalue weighted by Gasteiger charge is 2.33. The van der Waals surface area contributed by atoms with E-state index in [0.29, 0.717) is 0 Å². The Morgan fingerprint density at radius 3 is 1.50 bits per heavy atom. The van der Waals surface area contributed by atoms with Gasteiger partial charge in [-0.3, -0.25) is 14.1 Å². The molecule has 1 unspecified atom stereocenters. The predicted octanol–water partition coefficient (Wildman–Crippen LogP) is -2.23. The van der Waals surface area contributed by atoms with Crippen molar-refractivity contribution in [2.45, 2.75) is 11.7 Å². The zero-order valence-electron chi connectivity index (χ0n) is 7.98. The molecule has 0 aliphatic carbocycles. The molecule has 0 heterocycles. The summed E-state index contributed by atoms with van der Waals surface area (Å²) >= 11 is 0. The molecule has 0 aromatic heterocycles. The highest BCUT2D eigenvalue weighted by molar-refractivity contribution is 7.87. The van der Waals surface area contributed by atoms with E-state index in [1.807, 2.05) is 0 Å². The molecule has 96 valence electrons. The summed E-state index contributed by atoms with van der Waals surface area (Å²) in [6.45, 7) is -0.250. The molecule has 0 saturated carbocycles. The molecule has 0 aliphatic heterocycles. The number of aliphatic hydroxyl groups excluding tert-OH is 2. The maximum atomic E-state index is 10.2. The zero-order chi connectivity index (χ0) is 13.4. The topological polar surface area (TPSA) is 169 Å². The first-order chi connectivity index (χ1) is 7.16. The van der Waals surface area contributed by atoms with Crippen LogP contribution in [0.4, 0.5) is 0 Å². The molecule has 0 fully saturated rings. The molecular weight excluding hydrogens is 248 g/mol. The van der Waals surface area contributed by atoms with E-state index in [2.05, 4.69) is 0 Å². The normalized spacial score (nSPS) is 12.2. The summed E-state index contributed by atoms with van der Waals surface area (Å²) in [6, 6.07) is 0. The zero-order valence-corrected chi connectivity index (χ0v) is 8.79. The molecule has 0 aromatic rings. The molecule has 0 radical (unpaired) electrons. The quantitative estimate of drug-likeness (QED) is 0.343. The van der Waals surface area contributed by atoms with Crippen LogP contribution in [0.5, 0.6) is 0 Å². The smallest absolute Gasteiger partial charge is 0.325 e. The van der Waals surface area contributed by atoms with Crippen molar-refractivity contribution in [2.24, 2.45) is 0 Å². The average Bonchev–Trinajstić information content (AvgIpc) is 2.12. The first kappa shape index (κ1) is 17.2. The van der Waals surface area contributed by atoms with Gasteiger partial charge in [-0.05, 0) is 0 Å². The van der Waals surface area contributed by atoms with E-state index in [9.17, 15) is 18.0 Å². The van der Waals surface area contributed by atoms with E-state index in [1.165, 1.54) is 0 Å². The summed E-state index contributed by atoms with van der Waals surface area (Å²) in [7, 11) is -4.84. The SMILES string of the molecule is O=C(O)CC(C(=O)O)S(=O)(=O)O.OCCO. The van der Waals surface area contributed by atoms with Gasteiger partial charge >= 0.3 is 11.9 Å². The van der Waals surface area contributed by atoms with Crippen LogP contribution in [0.25, 0.3) is 0 Å². The molecule has 0 spiro atoms. The highest BCUT2D eigenvalue weighted by atomic mass is 32.2. The standard InChI is InChI=1S/C4H6O7S.C2H6O2/c5-3(6)1-2(4(7)8)12(9,10)11;3-1-2-4/h2H,1H2,(H,5,6)(H,7,8)(H,9,10,11);3-4H,1-2H2. The predicted molar refractivity (Wildman–Crippen MR) is 49.4 cm³/mol. The molecule has 0 aromatic carbocycles. The van der Waals surface area contributed by atoms with Crippen LogP contribution in [0, 0.1) is 0 Å². The Morgan fingerprint density at radius 2 is 1.44 bits per heavy atom. The summed E-state index contributed by atoms with van der Waals surface area (Å²) in [5.74, 6) is -3.50. The second-order valence-electron chi connectivity index (χ2n) is 2.39. The third-order valence-corrected chi connectivity index (χ3v) is 2.18. The van der Waals surface area contributed by atoms with E-state index in [-0.39, 0.29) is 13.2 Å². The van der Waals surface area contributed by atoms with Crippen LogP contribution in [-0.4, -0.2) is 63.8 Å². The van der Waals surface area contributed by atoms with Gasteiger partial charge in [-0.25, -0.2) is 0 Å². The lowest BCUT2D eigenvalue weighted by Gasteiger charge is -2.04. The fourth-order valence-electron chi connectivity index (χ4n) is 0.479. The van der Waals surface area contributed by atoms with Crippen LogP contribution in [0.3, 0.4) is 0 Å². The van der Waals surface area contributed by atoms with Crippen molar-refractivity contribution in [2.75, 3.05) is 13.2 Å². The van der Waals surface area contributed by atoms with Crippen LogP contribution in [0.15, 0.2) is 0 Å². The first-order valence-electron chi connectivity index (χ1n) is 3.79. The third kappa shape index (κ3) is 9.33. The molecule has 0 aliphatic rings. The van der Waals surface area contributed by atoms with Crippen LogP contribution < -0.4 is 0 Å². The Labute approximate surface area is 90.7 Å². The monoisotopic (exact) mass is 260 g/mol. The Morgan fingerprint density at radius 1 is 1.06 bits per heavy atom. The summed E-state index contributed by atoms with van der Waals surface area (Å²) in [4.78, 5) is 20.0. The average molecular weight is 260 g/mol. The van der Waals surface area contributed by atoms with E-state index < -0.39 is 33.7 Å². The molecule has 5 N–H and O–H groups in total. The number of aliphatic hydroxyl groups is 2. The second kappa shape index (κ2) is 7.98. The number of rotatable bonds is 5. The largest absolute Gasteiger partial charge is 0.481 e. The maximum Gasteiger partial charge on any atom is 0.325 e. The number of aliphatic carboxylic acids is 2. The van der Waals surface area contributed by atoms with Crippen LogP contribution in [-0.2, 0) is 19.7 Å². The van der Waals surface area contributed by atoms with Gasteiger partial charge in [0.25, 0.3) is 10.1 Å². The fourth-order valence-corrected chi connectivity index (χ4v) is 1.09. The van der Waals surface area contributed by atoms with Crippen molar-refractivity contribution >= 4 is 22.1 Å². The van der Waals surface area contributed by atoms with Gasteiger partial charge in [0.2, 0.25) is 0 Å². The Balaban J connectivity index is 0. The Bertz CT molecular complexity index is 317. The van der Waals surface area contributed by atoms with Gasteiger partial charge in [-0.15, -0.1) is 0 Å². The molecule has 0 amide bonds. The Kier molecular flexibility index (Phi) is 8.57. The lowest BCUT2D eigenvalue weighted by Crippen LogP contribution is -2.31. The highest BCUT2D eigenvalue weighted by Crippen LogP contribution is 2.04. The van der Waals surface area contributed by atoms with Crippen molar-refractivity contribution in [3.63, 3.8) is 0 Å². The van der Waals surface area contributed by atoms with Crippen LogP contribution in [0.2, 0.25) is 0 Å². The lowest BCUT2D eigenvalue weighted by molar-refractivity contribution is -0.143. The van der Waals surface area contributed by atoms with E-state index in [4.69, 9.17) is 25.0 Å². The summed E-state index contributed by atoms with van der Waals surface area (Å²) in [5.41, 5.74) is 0. The minimum absolute atomic E-state index is 0.125.